The summed E-state index contributed by atoms with van der Waals surface area (Å²) < 4.78 is 7.26. The van der Waals surface area contributed by atoms with Gasteiger partial charge in [-0.3, -0.25) is 4.68 Å². The zero-order valence-electron chi connectivity index (χ0n) is 11.4. The van der Waals surface area contributed by atoms with Crippen molar-refractivity contribution in [3.63, 3.8) is 0 Å². The first kappa shape index (κ1) is 14.4. The lowest BCUT2D eigenvalue weighted by Crippen LogP contribution is -2.26. The third-order valence-electron chi connectivity index (χ3n) is 2.55. The molecule has 0 aliphatic carbocycles. The zero-order chi connectivity index (χ0) is 12.8. The number of thioether (sulfide) groups is 1. The van der Waals surface area contributed by atoms with Gasteiger partial charge in [-0.25, -0.2) is 0 Å². The van der Waals surface area contributed by atoms with Crippen LogP contribution in [0.15, 0.2) is 6.20 Å². The summed E-state index contributed by atoms with van der Waals surface area (Å²) in [6, 6.07) is 0.287. The molecule has 1 heterocycles. The second kappa shape index (κ2) is 6.91. The summed E-state index contributed by atoms with van der Waals surface area (Å²) in [6.45, 7) is 7.50. The van der Waals surface area contributed by atoms with Gasteiger partial charge in [-0.2, -0.15) is 16.9 Å². The van der Waals surface area contributed by atoms with Crippen molar-refractivity contribution in [1.82, 2.24) is 15.1 Å². The molecule has 1 aromatic heterocycles. The molecule has 17 heavy (non-hydrogen) atoms. The summed E-state index contributed by atoms with van der Waals surface area (Å²) in [5.41, 5.74) is 1.13. The fraction of sp³-hybridized carbons (Fsp3) is 0.750. The van der Waals surface area contributed by atoms with E-state index in [9.17, 15) is 0 Å². The van der Waals surface area contributed by atoms with Crippen molar-refractivity contribution in [2.75, 3.05) is 19.4 Å². The van der Waals surface area contributed by atoms with Crippen LogP contribution in [0.4, 0.5) is 0 Å². The van der Waals surface area contributed by atoms with Crippen LogP contribution in [0, 0.1) is 0 Å². The summed E-state index contributed by atoms with van der Waals surface area (Å²) in [6.07, 6.45) is 1.78. The highest BCUT2D eigenvalue weighted by atomic mass is 32.2. The minimum Gasteiger partial charge on any atom is -0.493 e. The summed E-state index contributed by atoms with van der Waals surface area (Å²) in [4.78, 5) is 0. The predicted molar refractivity (Wildman–Crippen MR) is 73.8 cm³/mol. The van der Waals surface area contributed by atoms with Crippen LogP contribution in [-0.2, 0) is 7.05 Å². The van der Waals surface area contributed by atoms with Gasteiger partial charge in [0, 0.05) is 12.8 Å². The van der Waals surface area contributed by atoms with E-state index in [1.165, 1.54) is 0 Å². The smallest absolute Gasteiger partial charge is 0.161 e. The van der Waals surface area contributed by atoms with Crippen LogP contribution >= 0.6 is 11.8 Å². The van der Waals surface area contributed by atoms with Gasteiger partial charge in [0.1, 0.15) is 0 Å². The first-order valence-electron chi connectivity index (χ1n) is 6.01. The van der Waals surface area contributed by atoms with Crippen LogP contribution in [-0.4, -0.2) is 34.4 Å². The number of aromatic nitrogens is 2. The topological polar surface area (TPSA) is 39.1 Å². The van der Waals surface area contributed by atoms with Gasteiger partial charge in [-0.05, 0) is 11.8 Å². The maximum atomic E-state index is 5.37. The molecular formula is C12H23N3OS. The Hall–Kier alpha value is -0.680. The van der Waals surface area contributed by atoms with E-state index in [0.29, 0.717) is 5.25 Å². The molecule has 0 saturated heterocycles. The van der Waals surface area contributed by atoms with Crippen molar-refractivity contribution in [3.8, 4) is 5.75 Å². The van der Waals surface area contributed by atoms with E-state index >= 15 is 0 Å². The first-order chi connectivity index (χ1) is 8.10. The monoisotopic (exact) mass is 257 g/mol. The van der Waals surface area contributed by atoms with Gasteiger partial charge in [0.25, 0.3) is 0 Å². The number of hydrogen-bond donors (Lipinski definition) is 1. The molecule has 0 radical (unpaired) electrons. The van der Waals surface area contributed by atoms with Gasteiger partial charge in [0.15, 0.2) is 5.75 Å². The second-order valence-electron chi connectivity index (χ2n) is 4.21. The molecule has 0 spiro atoms. The van der Waals surface area contributed by atoms with Crippen molar-refractivity contribution < 1.29 is 4.74 Å². The molecule has 1 atom stereocenters. The summed E-state index contributed by atoms with van der Waals surface area (Å²) >= 11 is 1.95. The molecule has 4 nitrogen and oxygen atoms in total. The maximum Gasteiger partial charge on any atom is 0.161 e. The minimum absolute atomic E-state index is 0.287. The molecule has 1 N–H and O–H groups in total. The minimum atomic E-state index is 0.287. The molecule has 0 fully saturated rings. The Morgan fingerprint density at radius 3 is 2.76 bits per heavy atom. The Labute approximate surface area is 108 Å². The van der Waals surface area contributed by atoms with Crippen LogP contribution in [0.1, 0.15) is 32.5 Å². The number of rotatable bonds is 7. The molecule has 0 aromatic carbocycles. The van der Waals surface area contributed by atoms with Crippen LogP contribution in [0.5, 0.6) is 5.75 Å². The van der Waals surface area contributed by atoms with Crippen molar-refractivity contribution in [3.05, 3.63) is 11.9 Å². The molecule has 5 heteroatoms. The number of hydrogen-bond acceptors (Lipinski definition) is 4. The van der Waals surface area contributed by atoms with E-state index in [1.807, 2.05) is 23.5 Å². The maximum absolute atomic E-state index is 5.37. The van der Waals surface area contributed by atoms with Gasteiger partial charge in [0.05, 0.1) is 25.0 Å². The molecule has 0 bridgehead atoms. The highest BCUT2D eigenvalue weighted by Crippen LogP contribution is 2.28. The summed E-state index contributed by atoms with van der Waals surface area (Å²) in [5, 5.41) is 8.39. The number of ether oxygens (including phenoxy) is 1. The van der Waals surface area contributed by atoms with Crippen LogP contribution < -0.4 is 10.1 Å². The third-order valence-corrected chi connectivity index (χ3v) is 3.74. The Balaban J connectivity index is 2.84. The van der Waals surface area contributed by atoms with E-state index in [1.54, 1.807) is 13.3 Å². The largest absolute Gasteiger partial charge is 0.493 e. The molecule has 0 amide bonds. The highest BCUT2D eigenvalue weighted by molar-refractivity contribution is 7.99. The first-order valence-corrected chi connectivity index (χ1v) is 7.05. The lowest BCUT2D eigenvalue weighted by Gasteiger charge is -2.20. The number of aryl methyl sites for hydroxylation is 1. The third kappa shape index (κ3) is 3.92. The van der Waals surface area contributed by atoms with Crippen LogP contribution in [0.25, 0.3) is 0 Å². The predicted octanol–water partition coefficient (Wildman–Crippen LogP) is 2.22. The van der Waals surface area contributed by atoms with E-state index < -0.39 is 0 Å². The lowest BCUT2D eigenvalue weighted by molar-refractivity contribution is 0.399. The summed E-state index contributed by atoms with van der Waals surface area (Å²) in [5.74, 6) is 1.89. The van der Waals surface area contributed by atoms with E-state index in [4.69, 9.17) is 4.74 Å². The zero-order valence-corrected chi connectivity index (χ0v) is 12.2. The van der Waals surface area contributed by atoms with Gasteiger partial charge in [0.2, 0.25) is 0 Å². The Bertz CT molecular complexity index is 338. The lowest BCUT2D eigenvalue weighted by atomic mass is 10.2. The van der Waals surface area contributed by atoms with Crippen LogP contribution in [0.3, 0.4) is 0 Å². The van der Waals surface area contributed by atoms with Crippen LogP contribution in [0.2, 0.25) is 0 Å². The molecule has 0 saturated carbocycles. The van der Waals surface area contributed by atoms with Gasteiger partial charge in [-0.1, -0.05) is 20.8 Å². The average Bonchev–Trinajstić information content (AvgIpc) is 2.65. The normalized spacial score (nSPS) is 13.1. The number of methoxy groups -OCH3 is 1. The fourth-order valence-electron chi connectivity index (χ4n) is 1.75. The van der Waals surface area contributed by atoms with Crippen molar-refractivity contribution in [2.24, 2.45) is 7.05 Å². The quantitative estimate of drug-likeness (QED) is 0.813. The van der Waals surface area contributed by atoms with Crippen molar-refractivity contribution in [2.45, 2.75) is 32.1 Å². The molecule has 1 aromatic rings. The molecular weight excluding hydrogens is 234 g/mol. The van der Waals surface area contributed by atoms with Crippen molar-refractivity contribution >= 4 is 11.8 Å². The SMILES string of the molecule is CCNC(CSC(C)C)c1c(OC)cnn1C. The molecule has 98 valence electrons. The number of nitrogens with one attached hydrogen (secondary N) is 1. The van der Waals surface area contributed by atoms with E-state index in [-0.39, 0.29) is 6.04 Å². The highest BCUT2D eigenvalue weighted by Gasteiger charge is 2.20. The van der Waals surface area contributed by atoms with Gasteiger partial charge < -0.3 is 10.1 Å². The molecule has 1 rings (SSSR count). The summed E-state index contributed by atoms with van der Waals surface area (Å²) in [7, 11) is 3.65. The number of nitrogens with zero attached hydrogens (tertiary/aromatic N) is 2. The standard InChI is InChI=1S/C12H23N3OS/c1-6-13-10(8-17-9(2)3)12-11(16-5)7-14-15(12)4/h7,9-10,13H,6,8H2,1-5H3. The second-order valence-corrected chi connectivity index (χ2v) is 5.82. The molecule has 0 aliphatic rings. The Morgan fingerprint density at radius 2 is 2.24 bits per heavy atom. The molecule has 0 aliphatic heterocycles. The molecule has 1 unspecified atom stereocenters. The van der Waals surface area contributed by atoms with Crippen molar-refractivity contribution in [1.29, 1.82) is 0 Å². The van der Waals surface area contributed by atoms with E-state index in [0.717, 1.165) is 23.7 Å². The average molecular weight is 257 g/mol. The van der Waals surface area contributed by atoms with Gasteiger partial charge in [-0.15, -0.1) is 0 Å². The Kier molecular flexibility index (Phi) is 5.85. The van der Waals surface area contributed by atoms with E-state index in [2.05, 4.69) is 31.2 Å². The fourth-order valence-corrected chi connectivity index (χ4v) is 2.60. The Morgan fingerprint density at radius 1 is 1.53 bits per heavy atom. The van der Waals surface area contributed by atoms with Gasteiger partial charge >= 0.3 is 0 Å².